The summed E-state index contributed by atoms with van der Waals surface area (Å²) in [7, 11) is 1.91. The molecule has 4 nitrogen and oxygen atoms in total. The predicted octanol–water partition coefficient (Wildman–Crippen LogP) is 2.92. The molecule has 1 spiro atoms. The van der Waals surface area contributed by atoms with Gasteiger partial charge in [0.1, 0.15) is 0 Å². The van der Waals surface area contributed by atoms with Crippen molar-refractivity contribution in [3.05, 3.63) is 34.9 Å². The van der Waals surface area contributed by atoms with Crippen molar-refractivity contribution in [1.82, 2.24) is 9.80 Å². The number of hydrogen-bond donors (Lipinski definition) is 0. The Morgan fingerprint density at radius 1 is 1.09 bits per heavy atom. The maximum Gasteiger partial charge on any atom is 0.253 e. The van der Waals surface area contributed by atoms with E-state index in [-0.39, 0.29) is 17.4 Å². The highest BCUT2D eigenvalue weighted by Crippen LogP contribution is 2.36. The van der Waals surface area contributed by atoms with Crippen LogP contribution < -0.4 is 0 Å². The van der Waals surface area contributed by atoms with Gasteiger partial charge in [-0.1, -0.05) is 17.2 Å². The highest BCUT2D eigenvalue weighted by atomic mass is 16.2. The molecule has 2 amide bonds. The van der Waals surface area contributed by atoms with Crippen molar-refractivity contribution in [3.8, 4) is 0 Å². The fraction of sp³-hybridized carbons (Fsp3) is 0.579. The molecule has 2 fully saturated rings. The second-order valence-electron chi connectivity index (χ2n) is 7.24. The first-order chi connectivity index (χ1) is 10.9. The molecular weight excluding hydrogens is 288 g/mol. The van der Waals surface area contributed by atoms with E-state index in [9.17, 15) is 9.59 Å². The molecule has 1 aromatic carbocycles. The van der Waals surface area contributed by atoms with Gasteiger partial charge in [-0.3, -0.25) is 9.59 Å². The van der Waals surface area contributed by atoms with E-state index in [4.69, 9.17) is 0 Å². The third-order valence-electron chi connectivity index (χ3n) is 5.43. The van der Waals surface area contributed by atoms with Crippen molar-refractivity contribution in [3.63, 3.8) is 0 Å². The Kier molecular flexibility index (Phi) is 4.17. The van der Waals surface area contributed by atoms with Gasteiger partial charge in [0, 0.05) is 32.1 Å². The molecule has 0 N–H and O–H groups in total. The molecule has 2 heterocycles. The minimum Gasteiger partial charge on any atom is -0.338 e. The number of piperidine rings is 2. The fourth-order valence-electron chi connectivity index (χ4n) is 4.21. The van der Waals surface area contributed by atoms with Crippen LogP contribution in [0.4, 0.5) is 0 Å². The van der Waals surface area contributed by atoms with E-state index >= 15 is 0 Å². The molecule has 2 aliphatic heterocycles. The average molecular weight is 314 g/mol. The van der Waals surface area contributed by atoms with Crippen LogP contribution in [0.1, 0.15) is 53.6 Å². The lowest BCUT2D eigenvalue weighted by molar-refractivity contribution is -0.142. The van der Waals surface area contributed by atoms with Gasteiger partial charge >= 0.3 is 0 Å². The normalized spacial score (nSPS) is 25.1. The van der Waals surface area contributed by atoms with Gasteiger partial charge in [-0.05, 0) is 51.7 Å². The van der Waals surface area contributed by atoms with E-state index in [0.29, 0.717) is 13.0 Å². The molecule has 3 rings (SSSR count). The van der Waals surface area contributed by atoms with E-state index in [1.807, 2.05) is 42.8 Å². The van der Waals surface area contributed by atoms with Gasteiger partial charge < -0.3 is 9.80 Å². The van der Waals surface area contributed by atoms with Crippen molar-refractivity contribution < 1.29 is 9.59 Å². The Morgan fingerprint density at radius 3 is 2.43 bits per heavy atom. The van der Waals surface area contributed by atoms with E-state index in [2.05, 4.69) is 6.07 Å². The van der Waals surface area contributed by atoms with Crippen molar-refractivity contribution >= 4 is 11.8 Å². The van der Waals surface area contributed by atoms with Gasteiger partial charge in [0.15, 0.2) is 0 Å². The number of nitrogens with zero attached hydrogens (tertiary/aromatic N) is 2. The third-order valence-corrected chi connectivity index (χ3v) is 5.43. The molecule has 23 heavy (non-hydrogen) atoms. The van der Waals surface area contributed by atoms with Gasteiger partial charge in [-0.15, -0.1) is 0 Å². The van der Waals surface area contributed by atoms with Gasteiger partial charge in [0.05, 0.1) is 5.54 Å². The molecule has 0 radical (unpaired) electrons. The smallest absolute Gasteiger partial charge is 0.253 e. The van der Waals surface area contributed by atoms with Gasteiger partial charge in [-0.2, -0.15) is 0 Å². The average Bonchev–Trinajstić information content (AvgIpc) is 2.51. The maximum absolute atomic E-state index is 12.9. The van der Waals surface area contributed by atoms with Crippen LogP contribution in [0.3, 0.4) is 0 Å². The summed E-state index contributed by atoms with van der Waals surface area (Å²) in [5, 5.41) is 0. The number of rotatable bonds is 1. The molecule has 2 saturated heterocycles. The standard InChI is InChI=1S/C19H26N2O2/c1-14-10-15(2)12-16(11-14)18(23)21-9-5-8-19(13-21)7-4-6-17(22)20(19)3/h10-12H,4-9,13H2,1-3H3. The molecule has 2 aliphatic rings. The molecule has 0 aromatic heterocycles. The number of likely N-dealkylation sites (tertiary alicyclic amines) is 2. The first kappa shape index (κ1) is 16.0. The number of aryl methyl sites for hydroxylation is 2. The van der Waals surface area contributed by atoms with Crippen LogP contribution in [0.15, 0.2) is 18.2 Å². The lowest BCUT2D eigenvalue weighted by Gasteiger charge is -2.50. The molecule has 124 valence electrons. The van der Waals surface area contributed by atoms with Crippen molar-refractivity contribution in [2.75, 3.05) is 20.1 Å². The van der Waals surface area contributed by atoms with E-state index in [1.54, 1.807) is 0 Å². The Balaban J connectivity index is 1.83. The number of likely N-dealkylation sites (N-methyl/N-ethyl adjacent to an activating group) is 1. The summed E-state index contributed by atoms with van der Waals surface area (Å²) in [5.41, 5.74) is 2.85. The topological polar surface area (TPSA) is 40.6 Å². The number of benzene rings is 1. The molecule has 4 heteroatoms. The molecule has 1 atom stereocenters. The largest absolute Gasteiger partial charge is 0.338 e. The molecule has 0 aliphatic carbocycles. The highest BCUT2D eigenvalue weighted by Gasteiger charge is 2.44. The quantitative estimate of drug-likeness (QED) is 0.799. The zero-order chi connectivity index (χ0) is 16.6. The lowest BCUT2D eigenvalue weighted by atomic mass is 9.80. The Bertz CT molecular complexity index is 616. The van der Waals surface area contributed by atoms with E-state index in [0.717, 1.165) is 48.9 Å². The van der Waals surface area contributed by atoms with Crippen LogP contribution in [-0.4, -0.2) is 47.3 Å². The second-order valence-corrected chi connectivity index (χ2v) is 7.24. The van der Waals surface area contributed by atoms with Crippen molar-refractivity contribution in [2.45, 2.75) is 51.5 Å². The van der Waals surface area contributed by atoms with Crippen molar-refractivity contribution in [2.24, 2.45) is 0 Å². The summed E-state index contributed by atoms with van der Waals surface area (Å²) in [5.74, 6) is 0.319. The SMILES string of the molecule is Cc1cc(C)cc(C(=O)N2CCCC3(CCCC(=O)N3C)C2)c1. The number of carbonyl (C=O) groups excluding carboxylic acids is 2. The van der Waals surface area contributed by atoms with Crippen LogP contribution in [0.2, 0.25) is 0 Å². The molecule has 1 unspecified atom stereocenters. The summed E-state index contributed by atoms with van der Waals surface area (Å²) in [6.45, 7) is 5.50. The van der Waals surface area contributed by atoms with Crippen LogP contribution >= 0.6 is 0 Å². The number of carbonyl (C=O) groups is 2. The minimum absolute atomic E-state index is 0.0993. The Morgan fingerprint density at radius 2 is 1.74 bits per heavy atom. The molecule has 0 saturated carbocycles. The molecule has 0 bridgehead atoms. The molecular formula is C19H26N2O2. The minimum atomic E-state index is -0.151. The van der Waals surface area contributed by atoms with Gasteiger partial charge in [-0.25, -0.2) is 0 Å². The Hall–Kier alpha value is -1.84. The second kappa shape index (κ2) is 5.99. The lowest BCUT2D eigenvalue weighted by Crippen LogP contribution is -2.61. The van der Waals surface area contributed by atoms with E-state index < -0.39 is 0 Å². The van der Waals surface area contributed by atoms with Crippen LogP contribution in [0.5, 0.6) is 0 Å². The monoisotopic (exact) mass is 314 g/mol. The third kappa shape index (κ3) is 2.99. The first-order valence-corrected chi connectivity index (χ1v) is 8.56. The van der Waals surface area contributed by atoms with Crippen LogP contribution in [-0.2, 0) is 4.79 Å². The molecule has 1 aromatic rings. The van der Waals surface area contributed by atoms with Gasteiger partial charge in [0.2, 0.25) is 5.91 Å². The zero-order valence-corrected chi connectivity index (χ0v) is 14.4. The summed E-state index contributed by atoms with van der Waals surface area (Å²) >= 11 is 0. The van der Waals surface area contributed by atoms with E-state index in [1.165, 1.54) is 0 Å². The summed E-state index contributed by atoms with van der Waals surface area (Å²) in [6.07, 6.45) is 4.56. The summed E-state index contributed by atoms with van der Waals surface area (Å²) in [6, 6.07) is 6.01. The van der Waals surface area contributed by atoms with Gasteiger partial charge in [0.25, 0.3) is 5.91 Å². The highest BCUT2D eigenvalue weighted by molar-refractivity contribution is 5.94. The predicted molar refractivity (Wildman–Crippen MR) is 90.4 cm³/mol. The Labute approximate surface area is 138 Å². The maximum atomic E-state index is 12.9. The van der Waals surface area contributed by atoms with Crippen LogP contribution in [0.25, 0.3) is 0 Å². The number of amides is 2. The van der Waals surface area contributed by atoms with Crippen molar-refractivity contribution in [1.29, 1.82) is 0 Å². The zero-order valence-electron chi connectivity index (χ0n) is 14.4. The number of hydrogen-bond acceptors (Lipinski definition) is 2. The summed E-state index contributed by atoms with van der Waals surface area (Å²) < 4.78 is 0. The first-order valence-electron chi connectivity index (χ1n) is 8.56. The van der Waals surface area contributed by atoms with Crippen LogP contribution in [0, 0.1) is 13.8 Å². The fourth-order valence-corrected chi connectivity index (χ4v) is 4.21. The summed E-state index contributed by atoms with van der Waals surface area (Å²) in [4.78, 5) is 28.9.